The highest BCUT2D eigenvalue weighted by Crippen LogP contribution is 2.41. The van der Waals surface area contributed by atoms with Gasteiger partial charge in [0.25, 0.3) is 10.1 Å². The molecule has 2 rings (SSSR count). The van der Waals surface area contributed by atoms with Crippen LogP contribution in [0.4, 0.5) is 4.79 Å². The van der Waals surface area contributed by atoms with Gasteiger partial charge in [0.2, 0.25) is 0 Å². The lowest BCUT2D eigenvalue weighted by molar-refractivity contribution is 0.0496. The zero-order valence-electron chi connectivity index (χ0n) is 16.2. The normalized spacial score (nSPS) is 23.7. The van der Waals surface area contributed by atoms with Gasteiger partial charge in [0.1, 0.15) is 5.60 Å². The summed E-state index contributed by atoms with van der Waals surface area (Å²) in [7, 11) is -3.49. The lowest BCUT2D eigenvalue weighted by Crippen LogP contribution is -2.45. The van der Waals surface area contributed by atoms with Crippen molar-refractivity contribution in [2.75, 3.05) is 12.8 Å². The van der Waals surface area contributed by atoms with Gasteiger partial charge in [0.05, 0.1) is 12.4 Å². The number of amides is 1. The van der Waals surface area contributed by atoms with Crippen molar-refractivity contribution in [3.63, 3.8) is 0 Å². The third-order valence-electron chi connectivity index (χ3n) is 4.61. The van der Waals surface area contributed by atoms with Crippen molar-refractivity contribution < 1.29 is 22.1 Å². The smallest absolute Gasteiger partial charge is 0.407 e. The first-order valence-corrected chi connectivity index (χ1v) is 11.2. The van der Waals surface area contributed by atoms with Crippen LogP contribution in [0.25, 0.3) is 0 Å². The zero-order chi connectivity index (χ0) is 20.3. The number of halogens is 1. The van der Waals surface area contributed by atoms with Gasteiger partial charge in [0, 0.05) is 17.0 Å². The Bertz CT molecular complexity index is 765. The Morgan fingerprint density at radius 1 is 1.30 bits per heavy atom. The van der Waals surface area contributed by atoms with Gasteiger partial charge in [-0.3, -0.25) is 4.18 Å². The SMILES string of the molecule is CC(C)(C)OC(=O)NCC1(c2cccc(Cl)c2)CCC(OS(C)(=O)=O)CC1. The van der Waals surface area contributed by atoms with Gasteiger partial charge in [-0.1, -0.05) is 23.7 Å². The minimum atomic E-state index is -3.49. The maximum Gasteiger partial charge on any atom is 0.407 e. The molecule has 0 unspecified atom stereocenters. The summed E-state index contributed by atoms with van der Waals surface area (Å²) in [5.74, 6) is 0. The standard InChI is InChI=1S/C19H28ClNO5S/c1-18(2,3)25-17(22)21-13-19(14-6-5-7-15(20)12-14)10-8-16(9-11-19)26-27(4,23)24/h5-7,12,16H,8-11,13H2,1-4H3,(H,21,22). The fourth-order valence-corrected chi connectivity index (χ4v) is 4.31. The van der Waals surface area contributed by atoms with Gasteiger partial charge >= 0.3 is 6.09 Å². The number of alkyl carbamates (subject to hydrolysis) is 1. The Morgan fingerprint density at radius 2 is 1.93 bits per heavy atom. The number of carbonyl (C=O) groups excluding carboxylic acids is 1. The second-order valence-electron chi connectivity index (χ2n) is 8.15. The molecule has 0 saturated heterocycles. The predicted octanol–water partition coefficient (Wildman–Crippen LogP) is 4.02. The molecule has 152 valence electrons. The zero-order valence-corrected chi connectivity index (χ0v) is 17.8. The minimum absolute atomic E-state index is 0.339. The van der Waals surface area contributed by atoms with E-state index in [1.807, 2.05) is 39.0 Å². The molecule has 1 aromatic rings. The van der Waals surface area contributed by atoms with Crippen molar-refractivity contribution in [3.05, 3.63) is 34.9 Å². The van der Waals surface area contributed by atoms with Crippen molar-refractivity contribution in [3.8, 4) is 0 Å². The summed E-state index contributed by atoms with van der Waals surface area (Å²) in [6, 6.07) is 7.57. The molecule has 1 fully saturated rings. The Balaban J connectivity index is 2.15. The number of benzene rings is 1. The molecule has 1 N–H and O–H groups in total. The van der Waals surface area contributed by atoms with Crippen LogP contribution in [-0.4, -0.2) is 39.0 Å². The third kappa shape index (κ3) is 6.97. The first-order valence-electron chi connectivity index (χ1n) is 9.00. The number of nitrogens with one attached hydrogen (secondary N) is 1. The van der Waals surface area contributed by atoms with E-state index in [4.69, 9.17) is 20.5 Å². The summed E-state index contributed by atoms with van der Waals surface area (Å²) >= 11 is 6.18. The van der Waals surface area contributed by atoms with Gasteiger partial charge in [-0.25, -0.2) is 4.79 Å². The molecule has 27 heavy (non-hydrogen) atoms. The monoisotopic (exact) mass is 417 g/mol. The van der Waals surface area contributed by atoms with Crippen LogP contribution in [0.3, 0.4) is 0 Å². The molecule has 0 radical (unpaired) electrons. The molecule has 6 nitrogen and oxygen atoms in total. The molecule has 1 aromatic carbocycles. The van der Waals surface area contributed by atoms with E-state index >= 15 is 0 Å². The van der Waals surface area contributed by atoms with Crippen LogP contribution < -0.4 is 5.32 Å². The lowest BCUT2D eigenvalue weighted by Gasteiger charge is -2.40. The minimum Gasteiger partial charge on any atom is -0.444 e. The fraction of sp³-hybridized carbons (Fsp3) is 0.632. The first-order chi connectivity index (χ1) is 12.4. The van der Waals surface area contributed by atoms with Gasteiger partial charge in [0.15, 0.2) is 0 Å². The summed E-state index contributed by atoms with van der Waals surface area (Å²) < 4.78 is 33.3. The second-order valence-corrected chi connectivity index (χ2v) is 10.2. The van der Waals surface area contributed by atoms with Crippen LogP contribution >= 0.6 is 11.6 Å². The van der Waals surface area contributed by atoms with E-state index in [2.05, 4.69) is 5.32 Å². The molecular formula is C19H28ClNO5S. The summed E-state index contributed by atoms with van der Waals surface area (Å²) in [5.41, 5.74) is 0.0943. The van der Waals surface area contributed by atoms with E-state index in [-0.39, 0.29) is 11.5 Å². The predicted molar refractivity (Wildman–Crippen MR) is 106 cm³/mol. The highest BCUT2D eigenvalue weighted by atomic mass is 35.5. The van der Waals surface area contributed by atoms with Crippen molar-refractivity contribution in [1.82, 2.24) is 5.32 Å². The van der Waals surface area contributed by atoms with Gasteiger partial charge in [-0.05, 0) is 64.2 Å². The van der Waals surface area contributed by atoms with Gasteiger partial charge < -0.3 is 10.1 Å². The number of hydrogen-bond acceptors (Lipinski definition) is 5. The highest BCUT2D eigenvalue weighted by molar-refractivity contribution is 7.86. The Kier molecular flexibility index (Phi) is 6.81. The molecule has 1 aliphatic rings. The molecular weight excluding hydrogens is 390 g/mol. The number of hydrogen-bond donors (Lipinski definition) is 1. The maximum absolute atomic E-state index is 12.1. The number of ether oxygens (including phenoxy) is 1. The Hall–Kier alpha value is -1.31. The van der Waals surface area contributed by atoms with Gasteiger partial charge in [-0.2, -0.15) is 8.42 Å². The average molecular weight is 418 g/mol. The van der Waals surface area contributed by atoms with Crippen LogP contribution in [0.2, 0.25) is 5.02 Å². The largest absolute Gasteiger partial charge is 0.444 e. The molecule has 0 bridgehead atoms. The van der Waals surface area contributed by atoms with E-state index in [9.17, 15) is 13.2 Å². The van der Waals surface area contributed by atoms with Crippen LogP contribution in [0, 0.1) is 0 Å². The van der Waals surface area contributed by atoms with Crippen molar-refractivity contribution in [1.29, 1.82) is 0 Å². The summed E-state index contributed by atoms with van der Waals surface area (Å²) in [6.45, 7) is 5.82. The summed E-state index contributed by atoms with van der Waals surface area (Å²) in [5, 5.41) is 3.49. The van der Waals surface area contributed by atoms with Crippen LogP contribution in [0.5, 0.6) is 0 Å². The van der Waals surface area contributed by atoms with Gasteiger partial charge in [-0.15, -0.1) is 0 Å². The van der Waals surface area contributed by atoms with Crippen LogP contribution in [0.1, 0.15) is 52.0 Å². The molecule has 1 aliphatic carbocycles. The second kappa shape index (κ2) is 8.37. The number of carbonyl (C=O) groups is 1. The van der Waals surface area contributed by atoms with E-state index in [0.29, 0.717) is 37.3 Å². The molecule has 0 aromatic heterocycles. The molecule has 0 heterocycles. The van der Waals surface area contributed by atoms with Crippen molar-refractivity contribution in [2.45, 2.75) is 63.6 Å². The van der Waals surface area contributed by atoms with Crippen LogP contribution in [-0.2, 0) is 24.5 Å². The Labute approximate surface area is 166 Å². The molecule has 8 heteroatoms. The lowest BCUT2D eigenvalue weighted by atomic mass is 9.68. The number of rotatable bonds is 5. The topological polar surface area (TPSA) is 81.7 Å². The van der Waals surface area contributed by atoms with Crippen molar-refractivity contribution >= 4 is 27.8 Å². The van der Waals surface area contributed by atoms with E-state index in [1.54, 1.807) is 6.07 Å². The Morgan fingerprint density at radius 3 is 2.44 bits per heavy atom. The van der Waals surface area contributed by atoms with E-state index in [1.165, 1.54) is 0 Å². The third-order valence-corrected chi connectivity index (χ3v) is 5.46. The van der Waals surface area contributed by atoms with E-state index < -0.39 is 21.8 Å². The molecule has 0 atom stereocenters. The summed E-state index contributed by atoms with van der Waals surface area (Å²) in [6.07, 6.45) is 2.75. The average Bonchev–Trinajstić information content (AvgIpc) is 2.51. The quantitative estimate of drug-likeness (QED) is 0.731. The fourth-order valence-electron chi connectivity index (χ4n) is 3.43. The molecule has 0 aliphatic heterocycles. The molecule has 1 amide bonds. The van der Waals surface area contributed by atoms with E-state index in [0.717, 1.165) is 11.8 Å². The van der Waals surface area contributed by atoms with Crippen molar-refractivity contribution in [2.24, 2.45) is 0 Å². The molecule has 0 spiro atoms. The first kappa shape index (κ1) is 22.0. The summed E-state index contributed by atoms with van der Waals surface area (Å²) in [4.78, 5) is 12.1. The maximum atomic E-state index is 12.1. The highest BCUT2D eigenvalue weighted by Gasteiger charge is 2.39. The molecule has 1 saturated carbocycles. The van der Waals surface area contributed by atoms with Crippen LogP contribution in [0.15, 0.2) is 24.3 Å².